The molecule has 0 fully saturated rings. The van der Waals surface area contributed by atoms with E-state index in [1.807, 2.05) is 48.5 Å². The SMILES string of the molecule is N#Cc1cccc(-c2ccc(-c3cc(-c4ccc5oc6ccccc6c5c4)cc(-c4ccc5oc6ccccc6c5c4)c3)cc2)c1. The predicted molar refractivity (Wildman–Crippen MR) is 187 cm³/mol. The van der Waals surface area contributed by atoms with E-state index in [0.29, 0.717) is 5.56 Å². The summed E-state index contributed by atoms with van der Waals surface area (Å²) in [6.07, 6.45) is 0. The lowest BCUT2D eigenvalue weighted by molar-refractivity contribution is 0.668. The molecule has 0 aliphatic heterocycles. The summed E-state index contributed by atoms with van der Waals surface area (Å²) in [6, 6.07) is 54.7. The zero-order chi connectivity index (χ0) is 30.6. The average molecular weight is 588 g/mol. The van der Waals surface area contributed by atoms with Crippen molar-refractivity contribution in [3.8, 4) is 50.6 Å². The second-order valence-electron chi connectivity index (χ2n) is 11.7. The molecular weight excluding hydrogens is 562 g/mol. The van der Waals surface area contributed by atoms with Gasteiger partial charge in [0.25, 0.3) is 0 Å². The first-order valence-electron chi connectivity index (χ1n) is 15.3. The Kier molecular flexibility index (Phi) is 5.88. The van der Waals surface area contributed by atoms with E-state index < -0.39 is 0 Å². The highest BCUT2D eigenvalue weighted by atomic mass is 16.3. The second-order valence-corrected chi connectivity index (χ2v) is 11.7. The molecule has 9 rings (SSSR count). The van der Waals surface area contributed by atoms with E-state index in [1.165, 1.54) is 0 Å². The van der Waals surface area contributed by atoms with Crippen LogP contribution in [0.5, 0.6) is 0 Å². The fraction of sp³-hybridized carbons (Fsp3) is 0. The van der Waals surface area contributed by atoms with E-state index in [0.717, 1.165) is 88.4 Å². The van der Waals surface area contributed by atoms with Crippen molar-refractivity contribution in [1.82, 2.24) is 0 Å². The fourth-order valence-corrected chi connectivity index (χ4v) is 6.56. The van der Waals surface area contributed by atoms with Crippen LogP contribution < -0.4 is 0 Å². The van der Waals surface area contributed by atoms with E-state index in [1.54, 1.807) is 0 Å². The number of nitriles is 1. The van der Waals surface area contributed by atoms with Crippen LogP contribution in [0.3, 0.4) is 0 Å². The van der Waals surface area contributed by atoms with Crippen LogP contribution in [0.25, 0.3) is 88.4 Å². The molecule has 0 amide bonds. The van der Waals surface area contributed by atoms with Gasteiger partial charge in [0.1, 0.15) is 22.3 Å². The van der Waals surface area contributed by atoms with Crippen molar-refractivity contribution in [2.24, 2.45) is 0 Å². The maximum absolute atomic E-state index is 9.38. The molecule has 0 saturated carbocycles. The Morgan fingerprint density at radius 1 is 0.326 bits per heavy atom. The average Bonchev–Trinajstić information content (AvgIpc) is 3.69. The highest BCUT2D eigenvalue weighted by Gasteiger charge is 2.13. The smallest absolute Gasteiger partial charge is 0.135 e. The fourth-order valence-electron chi connectivity index (χ4n) is 6.56. The van der Waals surface area contributed by atoms with Gasteiger partial charge < -0.3 is 8.83 Å². The molecule has 0 saturated heterocycles. The standard InChI is InChI=1S/C43H25NO2/c44-26-27-6-5-7-30(20-27)28-12-14-29(15-13-28)33-21-34(31-16-18-42-38(24-31)36-8-1-3-10-40(36)45-42)23-35(22-33)32-17-19-43-39(25-32)37-9-2-4-11-41(37)46-43/h1-25H. The molecule has 2 aromatic heterocycles. The summed E-state index contributed by atoms with van der Waals surface area (Å²) >= 11 is 0. The van der Waals surface area contributed by atoms with Crippen LogP contribution in [0.1, 0.15) is 5.56 Å². The number of furan rings is 2. The Hall–Kier alpha value is -6.37. The van der Waals surface area contributed by atoms with Gasteiger partial charge in [0, 0.05) is 21.5 Å². The quantitative estimate of drug-likeness (QED) is 0.206. The summed E-state index contributed by atoms with van der Waals surface area (Å²) in [5.41, 5.74) is 13.1. The Labute approximate surface area is 265 Å². The van der Waals surface area contributed by atoms with Gasteiger partial charge in [0.2, 0.25) is 0 Å². The van der Waals surface area contributed by atoms with E-state index in [2.05, 4.69) is 109 Å². The number of fused-ring (bicyclic) bond motifs is 6. The molecule has 0 aliphatic rings. The van der Waals surface area contributed by atoms with Crippen molar-refractivity contribution in [3.05, 3.63) is 157 Å². The molecule has 7 aromatic carbocycles. The first-order valence-corrected chi connectivity index (χ1v) is 15.3. The molecule has 0 atom stereocenters. The van der Waals surface area contributed by atoms with Crippen molar-refractivity contribution in [1.29, 1.82) is 5.26 Å². The summed E-state index contributed by atoms with van der Waals surface area (Å²) < 4.78 is 12.3. The van der Waals surface area contributed by atoms with E-state index in [4.69, 9.17) is 8.83 Å². The number of para-hydroxylation sites is 2. The van der Waals surface area contributed by atoms with E-state index in [9.17, 15) is 5.26 Å². The van der Waals surface area contributed by atoms with Crippen LogP contribution >= 0.6 is 0 Å². The molecule has 0 N–H and O–H groups in total. The number of rotatable bonds is 4. The molecule has 2 heterocycles. The van der Waals surface area contributed by atoms with Crippen LogP contribution in [0.15, 0.2) is 160 Å². The van der Waals surface area contributed by atoms with Crippen LogP contribution in [-0.2, 0) is 0 Å². The van der Waals surface area contributed by atoms with Gasteiger partial charge in [-0.3, -0.25) is 0 Å². The highest BCUT2D eigenvalue weighted by molar-refractivity contribution is 6.07. The van der Waals surface area contributed by atoms with E-state index in [-0.39, 0.29) is 0 Å². The number of hydrogen-bond donors (Lipinski definition) is 0. The summed E-state index contributed by atoms with van der Waals surface area (Å²) in [4.78, 5) is 0. The van der Waals surface area contributed by atoms with Crippen molar-refractivity contribution < 1.29 is 8.83 Å². The molecule has 214 valence electrons. The van der Waals surface area contributed by atoms with Gasteiger partial charge in [-0.1, -0.05) is 84.9 Å². The van der Waals surface area contributed by atoms with Crippen LogP contribution in [0.2, 0.25) is 0 Å². The predicted octanol–water partition coefficient (Wildman–Crippen LogP) is 12.0. The number of benzene rings is 7. The van der Waals surface area contributed by atoms with E-state index >= 15 is 0 Å². The van der Waals surface area contributed by atoms with Crippen LogP contribution in [-0.4, -0.2) is 0 Å². The minimum Gasteiger partial charge on any atom is -0.456 e. The largest absolute Gasteiger partial charge is 0.456 e. The van der Waals surface area contributed by atoms with Gasteiger partial charge >= 0.3 is 0 Å². The lowest BCUT2D eigenvalue weighted by atomic mass is 9.91. The third-order valence-corrected chi connectivity index (χ3v) is 8.90. The second kappa shape index (κ2) is 10.4. The highest BCUT2D eigenvalue weighted by Crippen LogP contribution is 2.38. The first kappa shape index (κ1) is 26.1. The minimum atomic E-state index is 0.656. The van der Waals surface area contributed by atoms with Crippen LogP contribution in [0, 0.1) is 11.3 Å². The molecule has 9 aromatic rings. The van der Waals surface area contributed by atoms with Gasteiger partial charge in [-0.15, -0.1) is 0 Å². The maximum atomic E-state index is 9.38. The number of nitrogens with zero attached hydrogens (tertiary/aromatic N) is 1. The monoisotopic (exact) mass is 587 g/mol. The summed E-state index contributed by atoms with van der Waals surface area (Å²) in [6.45, 7) is 0. The van der Waals surface area contributed by atoms with Crippen molar-refractivity contribution in [3.63, 3.8) is 0 Å². The first-order chi connectivity index (χ1) is 22.7. The molecule has 3 nitrogen and oxygen atoms in total. The zero-order valence-corrected chi connectivity index (χ0v) is 24.7. The summed E-state index contributed by atoms with van der Waals surface area (Å²) in [5, 5.41) is 13.8. The Bertz CT molecular complexity index is 2520. The lowest BCUT2D eigenvalue weighted by Gasteiger charge is -2.12. The Morgan fingerprint density at radius 3 is 1.30 bits per heavy atom. The van der Waals surface area contributed by atoms with Gasteiger partial charge in [-0.25, -0.2) is 0 Å². The molecule has 0 radical (unpaired) electrons. The lowest BCUT2D eigenvalue weighted by Crippen LogP contribution is -1.87. The molecule has 0 aliphatic carbocycles. The molecule has 46 heavy (non-hydrogen) atoms. The zero-order valence-electron chi connectivity index (χ0n) is 24.7. The third-order valence-electron chi connectivity index (χ3n) is 8.90. The summed E-state index contributed by atoms with van der Waals surface area (Å²) in [7, 11) is 0. The molecule has 3 heteroatoms. The maximum Gasteiger partial charge on any atom is 0.135 e. The van der Waals surface area contributed by atoms with Gasteiger partial charge in [-0.05, 0) is 111 Å². The minimum absolute atomic E-state index is 0.656. The molecule has 0 bridgehead atoms. The van der Waals surface area contributed by atoms with Gasteiger partial charge in [0.15, 0.2) is 0 Å². The summed E-state index contributed by atoms with van der Waals surface area (Å²) in [5.74, 6) is 0. The van der Waals surface area contributed by atoms with Gasteiger partial charge in [0.05, 0.1) is 11.6 Å². The molecule has 0 spiro atoms. The Morgan fingerprint density at radius 2 is 0.761 bits per heavy atom. The number of hydrogen-bond acceptors (Lipinski definition) is 3. The topological polar surface area (TPSA) is 50.1 Å². The van der Waals surface area contributed by atoms with Crippen molar-refractivity contribution in [2.75, 3.05) is 0 Å². The van der Waals surface area contributed by atoms with Crippen molar-refractivity contribution >= 4 is 43.9 Å². The normalized spacial score (nSPS) is 11.5. The Balaban J connectivity index is 1.21. The molecule has 0 unspecified atom stereocenters. The molecular formula is C43H25NO2. The van der Waals surface area contributed by atoms with Gasteiger partial charge in [-0.2, -0.15) is 5.26 Å². The van der Waals surface area contributed by atoms with Crippen molar-refractivity contribution in [2.45, 2.75) is 0 Å². The third kappa shape index (κ3) is 4.36. The van der Waals surface area contributed by atoms with Crippen LogP contribution in [0.4, 0.5) is 0 Å².